The summed E-state index contributed by atoms with van der Waals surface area (Å²) in [5, 5.41) is 16.8. The summed E-state index contributed by atoms with van der Waals surface area (Å²) >= 11 is 0. The lowest BCUT2D eigenvalue weighted by Crippen LogP contribution is -2.32. The molecule has 1 saturated carbocycles. The van der Waals surface area contributed by atoms with E-state index in [2.05, 4.69) is 15.5 Å². The molecule has 19 heavy (non-hydrogen) atoms. The average molecular weight is 267 g/mol. The molecule has 1 aliphatic heterocycles. The number of nitrogens with zero attached hydrogens (tertiary/aromatic N) is 2. The van der Waals surface area contributed by atoms with E-state index >= 15 is 0 Å². The van der Waals surface area contributed by atoms with Crippen LogP contribution in [0.15, 0.2) is 4.52 Å². The van der Waals surface area contributed by atoms with Crippen molar-refractivity contribution in [3.05, 3.63) is 11.7 Å². The molecule has 1 saturated heterocycles. The number of aliphatic hydroxyl groups is 1. The maximum absolute atomic E-state index is 9.54. The summed E-state index contributed by atoms with van der Waals surface area (Å²) in [7, 11) is 1.72. The van der Waals surface area contributed by atoms with Gasteiger partial charge in [0.15, 0.2) is 0 Å². The fourth-order valence-corrected chi connectivity index (χ4v) is 3.11. The Morgan fingerprint density at radius 3 is 2.79 bits per heavy atom. The van der Waals surface area contributed by atoms with E-state index in [4.69, 9.17) is 9.26 Å². The van der Waals surface area contributed by atoms with Crippen LogP contribution in [-0.2, 0) is 10.3 Å². The molecule has 0 amide bonds. The third-order valence-corrected chi connectivity index (χ3v) is 4.31. The molecule has 0 spiro atoms. The molecule has 6 heteroatoms. The second-order valence-corrected chi connectivity index (χ2v) is 5.57. The molecule has 0 unspecified atom stereocenters. The first-order chi connectivity index (χ1) is 9.23. The Morgan fingerprint density at radius 1 is 1.37 bits per heavy atom. The van der Waals surface area contributed by atoms with Gasteiger partial charge in [-0.05, 0) is 19.3 Å². The molecule has 6 nitrogen and oxygen atoms in total. The Hall–Kier alpha value is -0.980. The van der Waals surface area contributed by atoms with Gasteiger partial charge in [-0.25, -0.2) is 0 Å². The van der Waals surface area contributed by atoms with Gasteiger partial charge in [0.05, 0.1) is 12.1 Å². The van der Waals surface area contributed by atoms with Crippen LogP contribution in [0.3, 0.4) is 0 Å². The fraction of sp³-hybridized carbons (Fsp3) is 0.846. The van der Waals surface area contributed by atoms with Crippen LogP contribution in [0, 0.1) is 0 Å². The zero-order valence-corrected chi connectivity index (χ0v) is 11.3. The molecular weight excluding hydrogens is 246 g/mol. The van der Waals surface area contributed by atoms with E-state index in [1.54, 1.807) is 7.11 Å². The van der Waals surface area contributed by atoms with Crippen molar-refractivity contribution in [2.24, 2.45) is 0 Å². The van der Waals surface area contributed by atoms with E-state index in [-0.39, 0.29) is 17.7 Å². The third kappa shape index (κ3) is 2.40. The Morgan fingerprint density at radius 2 is 2.16 bits per heavy atom. The monoisotopic (exact) mass is 267 g/mol. The van der Waals surface area contributed by atoms with Crippen molar-refractivity contribution >= 4 is 0 Å². The molecular formula is C13H21N3O3. The number of aromatic nitrogens is 2. The van der Waals surface area contributed by atoms with Crippen LogP contribution in [-0.4, -0.2) is 35.0 Å². The Bertz CT molecular complexity index is 429. The normalized spacial score (nSPS) is 30.6. The highest BCUT2D eigenvalue weighted by molar-refractivity contribution is 5.06. The van der Waals surface area contributed by atoms with Gasteiger partial charge in [-0.2, -0.15) is 4.98 Å². The number of aliphatic hydroxyl groups excluding tert-OH is 1. The molecule has 0 bridgehead atoms. The molecule has 1 aromatic heterocycles. The van der Waals surface area contributed by atoms with Crippen LogP contribution in [0.25, 0.3) is 0 Å². The predicted molar refractivity (Wildman–Crippen MR) is 67.4 cm³/mol. The van der Waals surface area contributed by atoms with Crippen LogP contribution < -0.4 is 5.32 Å². The maximum Gasteiger partial charge on any atom is 0.243 e. The van der Waals surface area contributed by atoms with E-state index in [1.165, 1.54) is 6.42 Å². The van der Waals surface area contributed by atoms with Crippen LogP contribution >= 0.6 is 0 Å². The molecule has 1 aromatic rings. The highest BCUT2D eigenvalue weighted by Crippen LogP contribution is 2.39. The molecule has 2 atom stereocenters. The van der Waals surface area contributed by atoms with Gasteiger partial charge >= 0.3 is 0 Å². The summed E-state index contributed by atoms with van der Waals surface area (Å²) in [4.78, 5) is 4.52. The summed E-state index contributed by atoms with van der Waals surface area (Å²) in [6.07, 6.45) is 5.71. The van der Waals surface area contributed by atoms with Gasteiger partial charge in [-0.3, -0.25) is 0 Å². The smallest absolute Gasteiger partial charge is 0.243 e. The highest BCUT2D eigenvalue weighted by Gasteiger charge is 2.39. The summed E-state index contributed by atoms with van der Waals surface area (Å²) in [5.41, 5.74) is -0.378. The lowest BCUT2D eigenvalue weighted by Gasteiger charge is -2.32. The lowest BCUT2D eigenvalue weighted by atomic mass is 9.84. The van der Waals surface area contributed by atoms with E-state index in [9.17, 15) is 5.11 Å². The van der Waals surface area contributed by atoms with Crippen LogP contribution in [0.4, 0.5) is 0 Å². The number of hydrogen-bond acceptors (Lipinski definition) is 6. The number of nitrogens with one attached hydrogen (secondary N) is 1. The summed E-state index contributed by atoms with van der Waals surface area (Å²) in [6.45, 7) is 0.581. The van der Waals surface area contributed by atoms with Gasteiger partial charge in [0.2, 0.25) is 11.7 Å². The highest BCUT2D eigenvalue weighted by atomic mass is 16.5. The van der Waals surface area contributed by atoms with E-state index in [0.29, 0.717) is 24.7 Å². The zero-order chi connectivity index (χ0) is 13.3. The van der Waals surface area contributed by atoms with E-state index in [1.807, 2.05) is 0 Å². The Balaban J connectivity index is 1.79. The van der Waals surface area contributed by atoms with Crippen molar-refractivity contribution < 1.29 is 14.4 Å². The molecule has 0 radical (unpaired) electrons. The average Bonchev–Trinajstić information content (AvgIpc) is 3.08. The van der Waals surface area contributed by atoms with Crippen molar-refractivity contribution in [1.82, 2.24) is 15.5 Å². The molecule has 2 N–H and O–H groups in total. The van der Waals surface area contributed by atoms with Crippen molar-refractivity contribution in [2.75, 3.05) is 13.7 Å². The first-order valence-corrected chi connectivity index (χ1v) is 7.04. The van der Waals surface area contributed by atoms with Crippen LogP contribution in [0.1, 0.15) is 56.3 Å². The SMILES string of the molecule is COC1(c2noc([C@@H]3C[C@@H](O)CN3)n2)CCCCC1. The topological polar surface area (TPSA) is 80.4 Å². The molecule has 3 rings (SSSR count). The minimum Gasteiger partial charge on any atom is -0.392 e. The summed E-state index contributed by atoms with van der Waals surface area (Å²) in [5.74, 6) is 1.22. The minimum atomic E-state index is -0.378. The second kappa shape index (κ2) is 5.19. The molecule has 2 fully saturated rings. The zero-order valence-electron chi connectivity index (χ0n) is 11.3. The van der Waals surface area contributed by atoms with E-state index in [0.717, 1.165) is 25.7 Å². The van der Waals surface area contributed by atoms with Gasteiger partial charge in [0, 0.05) is 13.7 Å². The standard InChI is InChI=1S/C13H21N3O3/c1-18-13(5-3-2-4-6-13)12-15-11(19-16-12)10-7-9(17)8-14-10/h9-10,14,17H,2-8H2,1H3/t9-,10+/m1/s1. The van der Waals surface area contributed by atoms with Crippen molar-refractivity contribution in [3.63, 3.8) is 0 Å². The number of ether oxygens (including phenoxy) is 1. The number of rotatable bonds is 3. The molecule has 0 aromatic carbocycles. The van der Waals surface area contributed by atoms with Gasteiger partial charge in [-0.1, -0.05) is 24.4 Å². The van der Waals surface area contributed by atoms with E-state index < -0.39 is 0 Å². The predicted octanol–water partition coefficient (Wildman–Crippen LogP) is 1.27. The summed E-state index contributed by atoms with van der Waals surface area (Å²) < 4.78 is 11.1. The van der Waals surface area contributed by atoms with Gasteiger partial charge in [-0.15, -0.1) is 0 Å². The van der Waals surface area contributed by atoms with Crippen LogP contribution in [0.2, 0.25) is 0 Å². The Labute approximate surface area is 112 Å². The van der Waals surface area contributed by atoms with Gasteiger partial charge in [0.25, 0.3) is 0 Å². The number of hydrogen-bond donors (Lipinski definition) is 2. The molecule has 1 aliphatic carbocycles. The second-order valence-electron chi connectivity index (χ2n) is 5.57. The minimum absolute atomic E-state index is 0.0336. The quantitative estimate of drug-likeness (QED) is 0.858. The van der Waals surface area contributed by atoms with Crippen molar-refractivity contribution in [2.45, 2.75) is 56.3 Å². The van der Waals surface area contributed by atoms with Gasteiger partial charge < -0.3 is 19.7 Å². The maximum atomic E-state index is 9.54. The van der Waals surface area contributed by atoms with Gasteiger partial charge in [0.1, 0.15) is 5.60 Å². The van der Waals surface area contributed by atoms with Crippen molar-refractivity contribution in [1.29, 1.82) is 0 Å². The van der Waals surface area contributed by atoms with Crippen molar-refractivity contribution in [3.8, 4) is 0 Å². The van der Waals surface area contributed by atoms with Crippen LogP contribution in [0.5, 0.6) is 0 Å². The first-order valence-electron chi connectivity index (χ1n) is 7.04. The largest absolute Gasteiger partial charge is 0.392 e. The Kier molecular flexibility index (Phi) is 3.56. The fourth-order valence-electron chi connectivity index (χ4n) is 3.11. The summed E-state index contributed by atoms with van der Waals surface area (Å²) in [6, 6.07) is -0.0336. The lowest BCUT2D eigenvalue weighted by molar-refractivity contribution is -0.0527. The molecule has 2 aliphatic rings. The molecule has 106 valence electrons. The third-order valence-electron chi connectivity index (χ3n) is 4.31. The molecule has 2 heterocycles. The number of β-amino-alcohol motifs (C(OH)–C–C–N with tert-alkyl or cyclic N) is 1. The first kappa shape index (κ1) is 13.0. The number of methoxy groups -OCH3 is 1.